The molecule has 1 saturated heterocycles. The zero-order chi connectivity index (χ0) is 18.8. The first-order valence-electron chi connectivity index (χ1n) is 9.82. The Bertz CT molecular complexity index is 892. The van der Waals surface area contributed by atoms with Crippen LogP contribution in [-0.2, 0) is 6.54 Å². The molecular weight excluding hydrogens is 339 g/mol. The molecule has 0 unspecified atom stereocenters. The summed E-state index contributed by atoms with van der Waals surface area (Å²) < 4.78 is 21.5. The third-order valence-electron chi connectivity index (χ3n) is 5.52. The number of hydrogen-bond donors (Lipinski definition) is 0. The number of piperidine rings is 1. The van der Waals surface area contributed by atoms with Gasteiger partial charge in [0.15, 0.2) is 0 Å². The van der Waals surface area contributed by atoms with Crippen LogP contribution < -0.4 is 4.74 Å². The standard InChI is InChI=1S/C23H27FN2O/c1-17(2)25-13-10-21(11-14-25)27-22-7-8-23-19(15-22)9-12-26(23)16-18-3-5-20(24)6-4-18/h3-9,12,15,17,21H,10-11,13-14,16H2,1-2H3. The Morgan fingerprint density at radius 1 is 1.04 bits per heavy atom. The van der Waals surface area contributed by atoms with Crippen molar-refractivity contribution in [1.82, 2.24) is 9.47 Å². The number of hydrogen-bond acceptors (Lipinski definition) is 2. The van der Waals surface area contributed by atoms with Crippen LogP contribution >= 0.6 is 0 Å². The number of halogens is 1. The predicted molar refractivity (Wildman–Crippen MR) is 108 cm³/mol. The summed E-state index contributed by atoms with van der Waals surface area (Å²) in [5.74, 6) is 0.752. The lowest BCUT2D eigenvalue weighted by Crippen LogP contribution is -2.41. The highest BCUT2D eigenvalue weighted by Crippen LogP contribution is 2.26. The van der Waals surface area contributed by atoms with Crippen LogP contribution in [0.5, 0.6) is 5.75 Å². The molecule has 142 valence electrons. The summed E-state index contributed by atoms with van der Waals surface area (Å²) in [6, 6.07) is 15.7. The van der Waals surface area contributed by atoms with E-state index in [1.807, 2.05) is 12.1 Å². The minimum Gasteiger partial charge on any atom is -0.490 e. The first-order valence-corrected chi connectivity index (χ1v) is 9.82. The second-order valence-corrected chi connectivity index (χ2v) is 7.74. The van der Waals surface area contributed by atoms with Crippen LogP contribution in [-0.4, -0.2) is 34.7 Å². The third-order valence-corrected chi connectivity index (χ3v) is 5.52. The molecule has 1 fully saturated rings. The molecule has 0 bridgehead atoms. The van der Waals surface area contributed by atoms with Gasteiger partial charge < -0.3 is 14.2 Å². The molecule has 0 amide bonds. The Labute approximate surface area is 160 Å². The molecule has 1 aliphatic rings. The smallest absolute Gasteiger partial charge is 0.123 e. The van der Waals surface area contributed by atoms with Gasteiger partial charge in [0.25, 0.3) is 0 Å². The number of fused-ring (bicyclic) bond motifs is 1. The van der Waals surface area contributed by atoms with Crippen molar-refractivity contribution in [2.24, 2.45) is 0 Å². The van der Waals surface area contributed by atoms with Crippen molar-refractivity contribution in [3.05, 3.63) is 66.1 Å². The minimum absolute atomic E-state index is 0.197. The quantitative estimate of drug-likeness (QED) is 0.626. The highest BCUT2D eigenvalue weighted by molar-refractivity contribution is 5.81. The molecule has 3 aromatic rings. The van der Waals surface area contributed by atoms with E-state index in [0.29, 0.717) is 12.1 Å². The summed E-state index contributed by atoms with van der Waals surface area (Å²) in [5.41, 5.74) is 2.26. The summed E-state index contributed by atoms with van der Waals surface area (Å²) in [5, 5.41) is 1.18. The molecular formula is C23H27FN2O. The van der Waals surface area contributed by atoms with Gasteiger partial charge in [-0.25, -0.2) is 4.39 Å². The zero-order valence-corrected chi connectivity index (χ0v) is 16.1. The fourth-order valence-corrected chi connectivity index (χ4v) is 3.88. The highest BCUT2D eigenvalue weighted by Gasteiger charge is 2.22. The monoisotopic (exact) mass is 366 g/mol. The average molecular weight is 366 g/mol. The van der Waals surface area contributed by atoms with Crippen LogP contribution in [0, 0.1) is 5.82 Å². The maximum Gasteiger partial charge on any atom is 0.123 e. The van der Waals surface area contributed by atoms with E-state index in [1.54, 1.807) is 0 Å². The highest BCUT2D eigenvalue weighted by atomic mass is 19.1. The second-order valence-electron chi connectivity index (χ2n) is 7.74. The van der Waals surface area contributed by atoms with E-state index in [0.717, 1.165) is 43.8 Å². The summed E-state index contributed by atoms with van der Waals surface area (Å²) in [4.78, 5) is 2.51. The average Bonchev–Trinajstić information content (AvgIpc) is 3.06. The van der Waals surface area contributed by atoms with Gasteiger partial charge in [-0.2, -0.15) is 0 Å². The van der Waals surface area contributed by atoms with Gasteiger partial charge in [-0.3, -0.25) is 0 Å². The summed E-state index contributed by atoms with van der Waals surface area (Å²) in [6.07, 6.45) is 4.56. The van der Waals surface area contributed by atoms with Crippen molar-refractivity contribution >= 4 is 10.9 Å². The molecule has 2 aromatic carbocycles. The molecule has 3 nitrogen and oxygen atoms in total. The number of likely N-dealkylation sites (tertiary alicyclic amines) is 1. The minimum atomic E-state index is -0.197. The molecule has 4 rings (SSSR count). The van der Waals surface area contributed by atoms with Crippen LogP contribution in [0.15, 0.2) is 54.7 Å². The first-order chi connectivity index (χ1) is 13.1. The van der Waals surface area contributed by atoms with E-state index in [4.69, 9.17) is 4.74 Å². The van der Waals surface area contributed by atoms with Crippen LogP contribution in [0.2, 0.25) is 0 Å². The maximum absolute atomic E-state index is 13.1. The van der Waals surface area contributed by atoms with Crippen molar-refractivity contribution in [3.8, 4) is 5.75 Å². The summed E-state index contributed by atoms with van der Waals surface area (Å²) >= 11 is 0. The number of benzene rings is 2. The van der Waals surface area contributed by atoms with E-state index >= 15 is 0 Å². The summed E-state index contributed by atoms with van der Waals surface area (Å²) in [7, 11) is 0. The molecule has 27 heavy (non-hydrogen) atoms. The fourth-order valence-electron chi connectivity index (χ4n) is 3.88. The Morgan fingerprint density at radius 3 is 2.48 bits per heavy atom. The van der Waals surface area contributed by atoms with E-state index in [1.165, 1.54) is 23.0 Å². The van der Waals surface area contributed by atoms with E-state index < -0.39 is 0 Å². The van der Waals surface area contributed by atoms with Gasteiger partial charge in [-0.1, -0.05) is 12.1 Å². The Hall–Kier alpha value is -2.33. The van der Waals surface area contributed by atoms with Crippen molar-refractivity contribution in [2.75, 3.05) is 13.1 Å². The number of rotatable bonds is 5. The largest absolute Gasteiger partial charge is 0.490 e. The van der Waals surface area contributed by atoms with Crippen LogP contribution in [0.25, 0.3) is 10.9 Å². The molecule has 0 saturated carbocycles. The SMILES string of the molecule is CC(C)N1CCC(Oc2ccc3c(ccn3Cc3ccc(F)cc3)c2)CC1. The molecule has 1 aromatic heterocycles. The lowest BCUT2D eigenvalue weighted by Gasteiger charge is -2.34. The van der Waals surface area contributed by atoms with E-state index in [-0.39, 0.29) is 5.82 Å². The van der Waals surface area contributed by atoms with E-state index in [2.05, 4.69) is 53.8 Å². The van der Waals surface area contributed by atoms with Gasteiger partial charge in [-0.15, -0.1) is 0 Å². The van der Waals surface area contributed by atoms with Gasteiger partial charge in [0.2, 0.25) is 0 Å². The molecule has 0 atom stereocenters. The van der Waals surface area contributed by atoms with Gasteiger partial charge in [-0.05, 0) is 68.7 Å². The molecule has 4 heteroatoms. The topological polar surface area (TPSA) is 17.4 Å². The van der Waals surface area contributed by atoms with Crippen molar-refractivity contribution in [3.63, 3.8) is 0 Å². The van der Waals surface area contributed by atoms with Gasteiger partial charge in [0.05, 0.1) is 0 Å². The first kappa shape index (κ1) is 18.1. The lowest BCUT2D eigenvalue weighted by molar-refractivity contribution is 0.0844. The number of nitrogens with zero attached hydrogens (tertiary/aromatic N) is 2. The molecule has 0 radical (unpaired) electrons. The van der Waals surface area contributed by atoms with E-state index in [9.17, 15) is 4.39 Å². The molecule has 0 spiro atoms. The lowest BCUT2D eigenvalue weighted by atomic mass is 10.1. The van der Waals surface area contributed by atoms with Crippen LogP contribution in [0.4, 0.5) is 4.39 Å². The predicted octanol–water partition coefficient (Wildman–Crippen LogP) is 5.08. The van der Waals surface area contributed by atoms with Gasteiger partial charge >= 0.3 is 0 Å². The Kier molecular flexibility index (Phi) is 5.17. The molecule has 2 heterocycles. The van der Waals surface area contributed by atoms with Gasteiger partial charge in [0, 0.05) is 42.8 Å². The zero-order valence-electron chi connectivity index (χ0n) is 16.1. The fraction of sp³-hybridized carbons (Fsp3) is 0.391. The van der Waals surface area contributed by atoms with Crippen molar-refractivity contribution < 1.29 is 9.13 Å². The Morgan fingerprint density at radius 2 is 1.78 bits per heavy atom. The van der Waals surface area contributed by atoms with Gasteiger partial charge in [0.1, 0.15) is 17.7 Å². The Balaban J connectivity index is 1.44. The summed E-state index contributed by atoms with van der Waals surface area (Å²) in [6.45, 7) is 7.46. The third kappa shape index (κ3) is 4.16. The molecule has 0 aliphatic carbocycles. The number of ether oxygens (including phenoxy) is 1. The van der Waals surface area contributed by atoms with Crippen molar-refractivity contribution in [1.29, 1.82) is 0 Å². The second kappa shape index (κ2) is 7.73. The van der Waals surface area contributed by atoms with Crippen molar-refractivity contribution in [2.45, 2.75) is 45.4 Å². The van der Waals surface area contributed by atoms with Crippen LogP contribution in [0.1, 0.15) is 32.3 Å². The van der Waals surface area contributed by atoms with Crippen LogP contribution in [0.3, 0.4) is 0 Å². The molecule has 1 aliphatic heterocycles. The normalized spacial score (nSPS) is 16.3. The maximum atomic E-state index is 13.1. The molecule has 0 N–H and O–H groups in total. The number of aromatic nitrogens is 1.